The third kappa shape index (κ3) is 3.65. The SMILES string of the molecule is NNC(CCC(F)(F)F)c1cc2cc(F)ccc2s1. The molecule has 0 amide bonds. The van der Waals surface area contributed by atoms with Crippen LogP contribution in [0.4, 0.5) is 17.6 Å². The summed E-state index contributed by atoms with van der Waals surface area (Å²) in [5.74, 6) is 4.93. The first kappa shape index (κ1) is 14.2. The molecule has 1 aromatic heterocycles. The second kappa shape index (κ2) is 5.44. The first-order valence-corrected chi connectivity index (χ1v) is 6.42. The lowest BCUT2D eigenvalue weighted by molar-refractivity contribution is -0.136. The molecule has 1 atom stereocenters. The lowest BCUT2D eigenvalue weighted by Gasteiger charge is -2.15. The molecule has 2 rings (SSSR count). The van der Waals surface area contributed by atoms with Crippen LogP contribution in [0.5, 0.6) is 0 Å². The van der Waals surface area contributed by atoms with Gasteiger partial charge < -0.3 is 0 Å². The van der Waals surface area contributed by atoms with Gasteiger partial charge in [0.05, 0.1) is 6.04 Å². The number of hydrazine groups is 1. The zero-order valence-corrected chi connectivity index (χ0v) is 10.6. The Kier molecular flexibility index (Phi) is 4.07. The highest BCUT2D eigenvalue weighted by Crippen LogP contribution is 2.34. The first-order chi connectivity index (χ1) is 8.89. The van der Waals surface area contributed by atoms with E-state index in [2.05, 4.69) is 5.43 Å². The van der Waals surface area contributed by atoms with Crippen molar-refractivity contribution < 1.29 is 17.6 Å². The maximum Gasteiger partial charge on any atom is 0.389 e. The summed E-state index contributed by atoms with van der Waals surface area (Å²) in [6, 6.07) is 5.37. The molecule has 19 heavy (non-hydrogen) atoms. The summed E-state index contributed by atoms with van der Waals surface area (Å²) in [7, 11) is 0. The van der Waals surface area contributed by atoms with E-state index in [0.717, 1.165) is 4.70 Å². The number of rotatable bonds is 4. The molecule has 0 radical (unpaired) electrons. The van der Waals surface area contributed by atoms with Gasteiger partial charge in [0.15, 0.2) is 0 Å². The fourth-order valence-corrected chi connectivity index (χ4v) is 2.96. The molecular weight excluding hydrogens is 280 g/mol. The van der Waals surface area contributed by atoms with Gasteiger partial charge in [-0.05, 0) is 36.1 Å². The van der Waals surface area contributed by atoms with Crippen molar-refractivity contribution in [3.05, 3.63) is 35.0 Å². The number of nitrogens with one attached hydrogen (secondary N) is 1. The lowest BCUT2D eigenvalue weighted by atomic mass is 10.1. The van der Waals surface area contributed by atoms with Crippen molar-refractivity contribution in [2.75, 3.05) is 0 Å². The Morgan fingerprint density at radius 3 is 2.63 bits per heavy atom. The van der Waals surface area contributed by atoms with Crippen molar-refractivity contribution in [3.63, 3.8) is 0 Å². The minimum atomic E-state index is -4.21. The van der Waals surface area contributed by atoms with Crippen molar-refractivity contribution in [1.82, 2.24) is 5.43 Å². The number of nitrogens with two attached hydrogens (primary N) is 1. The summed E-state index contributed by atoms with van der Waals surface area (Å²) >= 11 is 1.31. The molecule has 0 fully saturated rings. The highest BCUT2D eigenvalue weighted by Gasteiger charge is 2.28. The Hall–Kier alpha value is -1.18. The summed E-state index contributed by atoms with van der Waals surface area (Å²) < 4.78 is 50.5. The van der Waals surface area contributed by atoms with Gasteiger partial charge in [0.25, 0.3) is 0 Å². The molecule has 0 saturated heterocycles. The van der Waals surface area contributed by atoms with E-state index in [1.165, 1.54) is 23.5 Å². The highest BCUT2D eigenvalue weighted by atomic mass is 32.1. The molecule has 0 bridgehead atoms. The van der Waals surface area contributed by atoms with Crippen LogP contribution in [0.2, 0.25) is 0 Å². The molecular formula is C12H12F4N2S. The Labute approximate surface area is 111 Å². The van der Waals surface area contributed by atoms with Gasteiger partial charge in [-0.25, -0.2) is 4.39 Å². The maximum atomic E-state index is 13.0. The third-order valence-electron chi connectivity index (χ3n) is 2.76. The molecule has 2 aromatic rings. The predicted octanol–water partition coefficient (Wildman–Crippen LogP) is 3.89. The van der Waals surface area contributed by atoms with Crippen LogP contribution in [0.3, 0.4) is 0 Å². The molecule has 1 unspecified atom stereocenters. The Balaban J connectivity index is 2.20. The summed E-state index contributed by atoms with van der Waals surface area (Å²) in [6.07, 6.45) is -5.27. The smallest absolute Gasteiger partial charge is 0.271 e. The van der Waals surface area contributed by atoms with E-state index in [4.69, 9.17) is 5.84 Å². The van der Waals surface area contributed by atoms with Gasteiger partial charge in [-0.1, -0.05) is 0 Å². The second-order valence-electron chi connectivity index (χ2n) is 4.20. The van der Waals surface area contributed by atoms with Gasteiger partial charge >= 0.3 is 6.18 Å². The fraction of sp³-hybridized carbons (Fsp3) is 0.333. The van der Waals surface area contributed by atoms with E-state index in [9.17, 15) is 17.6 Å². The molecule has 0 aliphatic carbocycles. The molecule has 3 N–H and O–H groups in total. The number of hydrogen-bond donors (Lipinski definition) is 2. The van der Waals surface area contributed by atoms with Gasteiger partial charge in [0, 0.05) is 16.0 Å². The molecule has 0 saturated carbocycles. The van der Waals surface area contributed by atoms with E-state index < -0.39 is 18.6 Å². The number of hydrogen-bond acceptors (Lipinski definition) is 3. The van der Waals surface area contributed by atoms with Gasteiger partial charge in [-0.15, -0.1) is 11.3 Å². The number of thiophene rings is 1. The first-order valence-electron chi connectivity index (χ1n) is 5.61. The van der Waals surface area contributed by atoms with Crippen LogP contribution in [-0.4, -0.2) is 6.18 Å². The number of benzene rings is 1. The van der Waals surface area contributed by atoms with E-state index >= 15 is 0 Å². The monoisotopic (exact) mass is 292 g/mol. The molecule has 2 nitrogen and oxygen atoms in total. The van der Waals surface area contributed by atoms with Crippen molar-refractivity contribution in [3.8, 4) is 0 Å². The minimum absolute atomic E-state index is 0.144. The van der Waals surface area contributed by atoms with Crippen LogP contribution in [0.25, 0.3) is 10.1 Å². The standard InChI is InChI=1S/C12H12F4N2S/c13-8-1-2-10-7(5-8)6-11(19-10)9(18-17)3-4-12(14,15)16/h1-2,5-6,9,18H,3-4,17H2. The Morgan fingerprint density at radius 1 is 1.26 bits per heavy atom. The maximum absolute atomic E-state index is 13.0. The topological polar surface area (TPSA) is 38.0 Å². The Morgan fingerprint density at radius 2 is 2.00 bits per heavy atom. The summed E-state index contributed by atoms with van der Waals surface area (Å²) in [5.41, 5.74) is 2.38. The van der Waals surface area contributed by atoms with Crippen LogP contribution in [0.1, 0.15) is 23.8 Å². The molecule has 0 aliphatic rings. The Bertz CT molecular complexity index is 564. The summed E-state index contributed by atoms with van der Waals surface area (Å²) in [6.45, 7) is 0. The van der Waals surface area contributed by atoms with Crippen molar-refractivity contribution >= 4 is 21.4 Å². The van der Waals surface area contributed by atoms with E-state index in [1.807, 2.05) is 0 Å². The normalized spacial score (nSPS) is 13.9. The van der Waals surface area contributed by atoms with Gasteiger partial charge in [0.2, 0.25) is 0 Å². The van der Waals surface area contributed by atoms with Crippen molar-refractivity contribution in [2.24, 2.45) is 5.84 Å². The van der Waals surface area contributed by atoms with Crippen molar-refractivity contribution in [2.45, 2.75) is 25.1 Å². The van der Waals surface area contributed by atoms with Gasteiger partial charge in [0.1, 0.15) is 5.82 Å². The fourth-order valence-electron chi connectivity index (χ4n) is 1.82. The van der Waals surface area contributed by atoms with Crippen molar-refractivity contribution in [1.29, 1.82) is 0 Å². The van der Waals surface area contributed by atoms with Crippen LogP contribution >= 0.6 is 11.3 Å². The number of fused-ring (bicyclic) bond motifs is 1. The van der Waals surface area contributed by atoms with E-state index in [-0.39, 0.29) is 12.2 Å². The molecule has 0 spiro atoms. The van der Waals surface area contributed by atoms with E-state index in [1.54, 1.807) is 12.1 Å². The predicted molar refractivity (Wildman–Crippen MR) is 67.1 cm³/mol. The average Bonchev–Trinajstić information content (AvgIpc) is 2.71. The quantitative estimate of drug-likeness (QED) is 0.510. The number of halogens is 4. The van der Waals surface area contributed by atoms with Gasteiger partial charge in [-0.3, -0.25) is 11.3 Å². The third-order valence-corrected chi connectivity index (χ3v) is 3.99. The van der Waals surface area contributed by atoms with Crippen LogP contribution in [0, 0.1) is 5.82 Å². The average molecular weight is 292 g/mol. The molecule has 104 valence electrons. The molecule has 7 heteroatoms. The number of alkyl halides is 3. The second-order valence-corrected chi connectivity index (χ2v) is 5.32. The van der Waals surface area contributed by atoms with Crippen LogP contribution in [-0.2, 0) is 0 Å². The largest absolute Gasteiger partial charge is 0.389 e. The molecule has 1 heterocycles. The van der Waals surface area contributed by atoms with Gasteiger partial charge in [-0.2, -0.15) is 13.2 Å². The lowest BCUT2D eigenvalue weighted by Crippen LogP contribution is -2.28. The van der Waals surface area contributed by atoms with Crippen LogP contribution < -0.4 is 11.3 Å². The molecule has 0 aliphatic heterocycles. The van der Waals surface area contributed by atoms with Crippen LogP contribution in [0.15, 0.2) is 24.3 Å². The summed E-state index contributed by atoms with van der Waals surface area (Å²) in [5, 5.41) is 0.673. The highest BCUT2D eigenvalue weighted by molar-refractivity contribution is 7.19. The zero-order valence-electron chi connectivity index (χ0n) is 9.80. The van der Waals surface area contributed by atoms with E-state index in [0.29, 0.717) is 10.3 Å². The minimum Gasteiger partial charge on any atom is -0.271 e. The zero-order chi connectivity index (χ0) is 14.0. The molecule has 1 aromatic carbocycles. The summed E-state index contributed by atoms with van der Waals surface area (Å²) in [4.78, 5) is 0.673.